The van der Waals surface area contributed by atoms with Gasteiger partial charge >= 0.3 is 0 Å². The Morgan fingerprint density at radius 2 is 2.00 bits per heavy atom. The van der Waals surface area contributed by atoms with Crippen LogP contribution in [0, 0.1) is 13.8 Å². The third-order valence-electron chi connectivity index (χ3n) is 3.28. The van der Waals surface area contributed by atoms with Crippen molar-refractivity contribution in [2.75, 3.05) is 7.11 Å². The minimum Gasteiger partial charge on any atom is -0.497 e. The van der Waals surface area contributed by atoms with E-state index in [0.29, 0.717) is 11.6 Å². The van der Waals surface area contributed by atoms with E-state index in [4.69, 9.17) is 9.47 Å². The maximum atomic E-state index is 5.97. The Balaban J connectivity index is 2.06. The quantitative estimate of drug-likeness (QED) is 0.664. The standard InChI is InChI=1S/C15H13BrN2O2S/c1-8-9(2)21-15-13(8)14(17-7-18-15)20-12-5-4-10(19-3)6-11(12)16/h4-7H,1-3H3. The van der Waals surface area contributed by atoms with Crippen molar-refractivity contribution in [3.63, 3.8) is 0 Å². The summed E-state index contributed by atoms with van der Waals surface area (Å²) in [6.07, 6.45) is 1.53. The summed E-state index contributed by atoms with van der Waals surface area (Å²) < 4.78 is 12.0. The van der Waals surface area contributed by atoms with Crippen LogP contribution in [-0.2, 0) is 0 Å². The molecule has 0 unspecified atom stereocenters. The average Bonchev–Trinajstić information content (AvgIpc) is 2.77. The van der Waals surface area contributed by atoms with E-state index in [1.807, 2.05) is 18.2 Å². The molecule has 0 radical (unpaired) electrons. The predicted molar refractivity (Wildman–Crippen MR) is 87.7 cm³/mol. The minimum atomic E-state index is 0.577. The number of hydrogen-bond donors (Lipinski definition) is 0. The summed E-state index contributed by atoms with van der Waals surface area (Å²) in [5, 5.41) is 0.975. The molecule has 0 aliphatic heterocycles. The highest BCUT2D eigenvalue weighted by molar-refractivity contribution is 9.10. The van der Waals surface area contributed by atoms with Crippen molar-refractivity contribution in [1.29, 1.82) is 0 Å². The van der Waals surface area contributed by atoms with Crippen molar-refractivity contribution in [1.82, 2.24) is 9.97 Å². The van der Waals surface area contributed by atoms with Crippen molar-refractivity contribution in [2.45, 2.75) is 13.8 Å². The Morgan fingerprint density at radius 3 is 2.71 bits per heavy atom. The predicted octanol–water partition coefficient (Wildman–Crippen LogP) is 4.87. The highest BCUT2D eigenvalue weighted by Gasteiger charge is 2.14. The number of aromatic nitrogens is 2. The van der Waals surface area contributed by atoms with Crippen molar-refractivity contribution in [3.05, 3.63) is 39.4 Å². The summed E-state index contributed by atoms with van der Waals surface area (Å²) in [6, 6.07) is 5.56. The number of ether oxygens (including phenoxy) is 2. The first-order valence-corrected chi connectivity index (χ1v) is 7.93. The molecular formula is C15H13BrN2O2S. The van der Waals surface area contributed by atoms with Gasteiger partial charge in [-0.2, -0.15) is 0 Å². The van der Waals surface area contributed by atoms with Crippen LogP contribution in [-0.4, -0.2) is 17.1 Å². The van der Waals surface area contributed by atoms with Crippen molar-refractivity contribution < 1.29 is 9.47 Å². The minimum absolute atomic E-state index is 0.577. The second kappa shape index (κ2) is 5.61. The van der Waals surface area contributed by atoms with Crippen LogP contribution in [0.4, 0.5) is 0 Å². The van der Waals surface area contributed by atoms with Gasteiger partial charge in [0.1, 0.15) is 22.7 Å². The molecule has 0 atom stereocenters. The Bertz CT molecular complexity index is 817. The molecule has 1 aromatic carbocycles. The van der Waals surface area contributed by atoms with Crippen LogP contribution in [0.5, 0.6) is 17.4 Å². The molecule has 0 fully saturated rings. The third-order valence-corrected chi connectivity index (χ3v) is 5.01. The SMILES string of the molecule is COc1ccc(Oc2ncnc3sc(C)c(C)c23)c(Br)c1. The van der Waals surface area contributed by atoms with Gasteiger partial charge in [-0.05, 0) is 53.5 Å². The molecule has 4 nitrogen and oxygen atoms in total. The van der Waals surface area contributed by atoms with Crippen LogP contribution < -0.4 is 9.47 Å². The Morgan fingerprint density at radius 1 is 1.19 bits per heavy atom. The van der Waals surface area contributed by atoms with Crippen molar-refractivity contribution in [3.8, 4) is 17.4 Å². The summed E-state index contributed by atoms with van der Waals surface area (Å²) in [4.78, 5) is 10.8. The fourth-order valence-electron chi connectivity index (χ4n) is 2.02. The molecule has 0 aliphatic carbocycles. The summed E-state index contributed by atoms with van der Waals surface area (Å²) >= 11 is 5.14. The Hall–Kier alpha value is -1.66. The van der Waals surface area contributed by atoms with E-state index in [9.17, 15) is 0 Å². The first-order chi connectivity index (χ1) is 10.1. The van der Waals surface area contributed by atoms with E-state index < -0.39 is 0 Å². The van der Waals surface area contributed by atoms with Gasteiger partial charge in [0.05, 0.1) is 17.0 Å². The molecule has 2 aromatic heterocycles. The first-order valence-electron chi connectivity index (χ1n) is 6.32. The summed E-state index contributed by atoms with van der Waals surface area (Å²) in [6.45, 7) is 4.14. The maximum Gasteiger partial charge on any atom is 0.231 e. The zero-order chi connectivity index (χ0) is 15.0. The topological polar surface area (TPSA) is 44.2 Å². The van der Waals surface area contributed by atoms with Gasteiger partial charge in [0.2, 0.25) is 5.88 Å². The molecule has 0 spiro atoms. The van der Waals surface area contributed by atoms with Gasteiger partial charge in [0, 0.05) is 4.88 Å². The summed E-state index contributed by atoms with van der Waals surface area (Å²) in [5.41, 5.74) is 1.16. The lowest BCUT2D eigenvalue weighted by atomic mass is 10.2. The van der Waals surface area contributed by atoms with Crippen LogP contribution in [0.15, 0.2) is 29.0 Å². The largest absolute Gasteiger partial charge is 0.497 e. The molecule has 3 aromatic rings. The number of benzene rings is 1. The highest BCUT2D eigenvalue weighted by atomic mass is 79.9. The van der Waals surface area contributed by atoms with Crippen LogP contribution in [0.25, 0.3) is 10.2 Å². The Kier molecular flexibility index (Phi) is 3.82. The maximum absolute atomic E-state index is 5.97. The zero-order valence-corrected chi connectivity index (χ0v) is 14.2. The van der Waals surface area contributed by atoms with Gasteiger partial charge in [-0.1, -0.05) is 0 Å². The second-order valence-electron chi connectivity index (χ2n) is 4.54. The van der Waals surface area contributed by atoms with Crippen LogP contribution in [0.2, 0.25) is 0 Å². The lowest BCUT2D eigenvalue weighted by Gasteiger charge is -2.09. The Labute approximate surface area is 134 Å². The fourth-order valence-corrected chi connectivity index (χ4v) is 3.45. The molecule has 108 valence electrons. The van der Waals surface area contributed by atoms with Gasteiger partial charge in [-0.15, -0.1) is 11.3 Å². The van der Waals surface area contributed by atoms with Crippen molar-refractivity contribution >= 4 is 37.5 Å². The van der Waals surface area contributed by atoms with E-state index in [0.717, 1.165) is 26.0 Å². The van der Waals surface area contributed by atoms with Crippen molar-refractivity contribution in [2.24, 2.45) is 0 Å². The first kappa shape index (κ1) is 14.3. The number of fused-ring (bicyclic) bond motifs is 1. The zero-order valence-electron chi connectivity index (χ0n) is 11.8. The van der Waals surface area contributed by atoms with E-state index >= 15 is 0 Å². The number of halogens is 1. The highest BCUT2D eigenvalue weighted by Crippen LogP contribution is 2.38. The number of hydrogen-bond acceptors (Lipinski definition) is 5. The van der Waals surface area contributed by atoms with Crippen LogP contribution in [0.1, 0.15) is 10.4 Å². The summed E-state index contributed by atoms with van der Waals surface area (Å²) in [7, 11) is 1.63. The summed E-state index contributed by atoms with van der Waals surface area (Å²) in [5.74, 6) is 2.04. The molecule has 0 N–H and O–H groups in total. The molecule has 6 heteroatoms. The van der Waals surface area contributed by atoms with E-state index in [1.165, 1.54) is 11.2 Å². The van der Waals surface area contributed by atoms with E-state index in [1.54, 1.807) is 18.4 Å². The molecule has 0 amide bonds. The molecule has 0 bridgehead atoms. The van der Waals surface area contributed by atoms with Crippen LogP contribution >= 0.6 is 27.3 Å². The number of aryl methyl sites for hydroxylation is 2. The van der Waals surface area contributed by atoms with Gasteiger partial charge in [-0.3, -0.25) is 0 Å². The number of methoxy groups -OCH3 is 1. The molecule has 0 saturated heterocycles. The monoisotopic (exact) mass is 364 g/mol. The second-order valence-corrected chi connectivity index (χ2v) is 6.60. The number of rotatable bonds is 3. The lowest BCUT2D eigenvalue weighted by Crippen LogP contribution is -1.92. The van der Waals surface area contributed by atoms with Gasteiger partial charge in [-0.25, -0.2) is 9.97 Å². The molecule has 21 heavy (non-hydrogen) atoms. The molecule has 0 saturated carbocycles. The number of thiophene rings is 1. The van der Waals surface area contributed by atoms with Gasteiger partial charge in [0.15, 0.2) is 0 Å². The molecule has 3 rings (SSSR count). The van der Waals surface area contributed by atoms with Gasteiger partial charge in [0.25, 0.3) is 0 Å². The van der Waals surface area contributed by atoms with E-state index in [2.05, 4.69) is 39.7 Å². The molecule has 0 aliphatic rings. The fraction of sp³-hybridized carbons (Fsp3) is 0.200. The smallest absolute Gasteiger partial charge is 0.231 e. The van der Waals surface area contributed by atoms with E-state index in [-0.39, 0.29) is 0 Å². The third kappa shape index (κ3) is 2.61. The molecule has 2 heterocycles. The number of nitrogens with zero attached hydrogens (tertiary/aromatic N) is 2. The lowest BCUT2D eigenvalue weighted by molar-refractivity contribution is 0.411. The molecular weight excluding hydrogens is 352 g/mol. The normalized spacial score (nSPS) is 10.9. The van der Waals surface area contributed by atoms with Crippen LogP contribution in [0.3, 0.4) is 0 Å². The average molecular weight is 365 g/mol. The van der Waals surface area contributed by atoms with Gasteiger partial charge < -0.3 is 9.47 Å².